The molecule has 2 heterocycles. The van der Waals surface area contributed by atoms with Crippen LogP contribution in [-0.2, 0) is 17.8 Å². The summed E-state index contributed by atoms with van der Waals surface area (Å²) in [6, 6.07) is 9.64. The van der Waals surface area contributed by atoms with Crippen molar-refractivity contribution in [3.05, 3.63) is 65.3 Å². The van der Waals surface area contributed by atoms with Crippen molar-refractivity contribution in [3.8, 4) is 17.0 Å². The van der Waals surface area contributed by atoms with Gasteiger partial charge in [0.15, 0.2) is 5.13 Å². The molecule has 0 bridgehead atoms. The largest absolute Gasteiger partial charge is 0.496 e. The number of nitrogens with zero attached hydrogens (tertiary/aromatic N) is 2. The Labute approximate surface area is 163 Å². The molecule has 0 radical (unpaired) electrons. The molecule has 140 valence electrons. The predicted octanol–water partition coefficient (Wildman–Crippen LogP) is 4.60. The Kier molecular flexibility index (Phi) is 5.76. The van der Waals surface area contributed by atoms with Crippen LogP contribution in [0.15, 0.2) is 48.4 Å². The minimum absolute atomic E-state index is 0.113. The highest BCUT2D eigenvalue weighted by atomic mass is 32.1. The van der Waals surface area contributed by atoms with Crippen molar-refractivity contribution in [2.24, 2.45) is 0 Å². The molecule has 5 nitrogen and oxygen atoms in total. The molecular weight excluding hydrogens is 358 g/mol. The lowest BCUT2D eigenvalue weighted by Crippen LogP contribution is -2.14. The molecule has 6 heteroatoms. The lowest BCUT2D eigenvalue weighted by atomic mass is 10.1. The summed E-state index contributed by atoms with van der Waals surface area (Å²) in [4.78, 5) is 17.0. The van der Waals surface area contributed by atoms with Crippen LogP contribution < -0.4 is 10.1 Å². The van der Waals surface area contributed by atoms with Crippen LogP contribution in [0.4, 0.5) is 5.13 Å². The Balaban J connectivity index is 1.74. The maximum atomic E-state index is 12.4. The number of benzene rings is 1. The first kappa shape index (κ1) is 18.9. The summed E-state index contributed by atoms with van der Waals surface area (Å²) in [7, 11) is 1.60. The normalized spacial score (nSPS) is 10.6. The van der Waals surface area contributed by atoms with Crippen LogP contribution in [0.3, 0.4) is 0 Å². The summed E-state index contributed by atoms with van der Waals surface area (Å²) in [6.07, 6.45) is 2.13. The molecule has 2 aromatic heterocycles. The second-order valence-electron chi connectivity index (χ2n) is 6.26. The standard InChI is InChI=1S/C21H23N3O2S/c1-5-10-24-14(2)11-17(15(24)3)18-13-27-21(22-18)23-20(25)12-16-8-6-7-9-19(16)26-4/h5-9,11,13H,1,10,12H2,2-4H3,(H,22,23,25). The average molecular weight is 382 g/mol. The lowest BCUT2D eigenvalue weighted by molar-refractivity contribution is -0.115. The summed E-state index contributed by atoms with van der Waals surface area (Å²) in [5.74, 6) is 0.597. The van der Waals surface area contributed by atoms with Crippen LogP contribution in [0.1, 0.15) is 17.0 Å². The SMILES string of the molecule is C=CCn1c(C)cc(-c2csc(NC(=O)Cc3ccccc3OC)n2)c1C. The van der Waals surface area contributed by atoms with Gasteiger partial charge in [-0.25, -0.2) is 4.98 Å². The molecular formula is C21H23N3O2S. The minimum Gasteiger partial charge on any atom is -0.496 e. The second kappa shape index (κ2) is 8.22. The van der Waals surface area contributed by atoms with E-state index in [9.17, 15) is 4.79 Å². The number of hydrogen-bond donors (Lipinski definition) is 1. The predicted molar refractivity (Wildman–Crippen MR) is 111 cm³/mol. The number of carbonyl (C=O) groups excluding carboxylic acids is 1. The fraction of sp³-hybridized carbons (Fsp3) is 0.238. The summed E-state index contributed by atoms with van der Waals surface area (Å²) in [5.41, 5.74) is 5.11. The topological polar surface area (TPSA) is 56.2 Å². The van der Waals surface area contributed by atoms with E-state index >= 15 is 0 Å². The van der Waals surface area contributed by atoms with Crippen LogP contribution in [-0.4, -0.2) is 22.6 Å². The molecule has 1 N–H and O–H groups in total. The van der Waals surface area contributed by atoms with Crippen LogP contribution in [0, 0.1) is 13.8 Å². The number of aromatic nitrogens is 2. The highest BCUT2D eigenvalue weighted by molar-refractivity contribution is 7.14. The van der Waals surface area contributed by atoms with Crippen LogP contribution in [0.5, 0.6) is 5.75 Å². The number of amides is 1. The highest BCUT2D eigenvalue weighted by Gasteiger charge is 2.15. The van der Waals surface area contributed by atoms with Crippen molar-refractivity contribution in [1.82, 2.24) is 9.55 Å². The molecule has 0 aliphatic carbocycles. The summed E-state index contributed by atoms with van der Waals surface area (Å²) in [5, 5.41) is 5.45. The van der Waals surface area contributed by atoms with Gasteiger partial charge in [0.2, 0.25) is 5.91 Å². The maximum absolute atomic E-state index is 12.4. The average Bonchev–Trinajstić information content (AvgIpc) is 3.21. The zero-order valence-corrected chi connectivity index (χ0v) is 16.6. The van der Waals surface area contributed by atoms with Crippen molar-refractivity contribution < 1.29 is 9.53 Å². The van der Waals surface area contributed by atoms with Crippen molar-refractivity contribution in [3.63, 3.8) is 0 Å². The van der Waals surface area contributed by atoms with Gasteiger partial charge in [-0.1, -0.05) is 24.3 Å². The van der Waals surface area contributed by atoms with Gasteiger partial charge in [0.05, 0.1) is 19.2 Å². The van der Waals surface area contributed by atoms with Crippen molar-refractivity contribution in [1.29, 1.82) is 0 Å². The number of methoxy groups -OCH3 is 1. The second-order valence-corrected chi connectivity index (χ2v) is 7.12. The van der Waals surface area contributed by atoms with E-state index in [0.29, 0.717) is 10.9 Å². The number of hydrogen-bond acceptors (Lipinski definition) is 4. The van der Waals surface area contributed by atoms with Crippen molar-refractivity contribution in [2.45, 2.75) is 26.8 Å². The number of anilines is 1. The number of thiazole rings is 1. The minimum atomic E-state index is -0.113. The van der Waals surface area contributed by atoms with Gasteiger partial charge in [-0.05, 0) is 26.0 Å². The van der Waals surface area contributed by atoms with Crippen molar-refractivity contribution >= 4 is 22.4 Å². The molecule has 0 atom stereocenters. The van der Waals surface area contributed by atoms with E-state index in [0.717, 1.165) is 34.8 Å². The van der Waals surface area contributed by atoms with E-state index in [2.05, 4.69) is 41.4 Å². The van der Waals surface area contributed by atoms with Gasteiger partial charge < -0.3 is 14.6 Å². The summed E-state index contributed by atoms with van der Waals surface area (Å²) in [6.45, 7) is 8.73. The Bertz CT molecular complexity index is 972. The molecule has 1 aromatic carbocycles. The number of aryl methyl sites for hydroxylation is 1. The third-order valence-electron chi connectivity index (χ3n) is 4.46. The Hall–Kier alpha value is -2.86. The van der Waals surface area contributed by atoms with Gasteiger partial charge in [-0.15, -0.1) is 17.9 Å². The van der Waals surface area contributed by atoms with E-state index in [1.807, 2.05) is 35.7 Å². The van der Waals surface area contributed by atoms with E-state index in [1.165, 1.54) is 11.3 Å². The van der Waals surface area contributed by atoms with Gasteiger partial charge in [0.1, 0.15) is 5.75 Å². The smallest absolute Gasteiger partial charge is 0.230 e. The molecule has 27 heavy (non-hydrogen) atoms. The van der Waals surface area contributed by atoms with E-state index in [4.69, 9.17) is 4.74 Å². The third-order valence-corrected chi connectivity index (χ3v) is 5.21. The van der Waals surface area contributed by atoms with E-state index in [-0.39, 0.29) is 12.3 Å². The van der Waals surface area contributed by atoms with Gasteiger partial charge in [-0.3, -0.25) is 4.79 Å². The molecule has 3 aromatic rings. The van der Waals surface area contributed by atoms with Crippen molar-refractivity contribution in [2.75, 3.05) is 12.4 Å². The van der Waals surface area contributed by atoms with Crippen LogP contribution in [0.25, 0.3) is 11.3 Å². The van der Waals surface area contributed by atoms with Gasteiger partial charge in [0.25, 0.3) is 0 Å². The Morgan fingerprint density at radius 1 is 1.37 bits per heavy atom. The van der Waals surface area contributed by atoms with Crippen LogP contribution >= 0.6 is 11.3 Å². The van der Waals surface area contributed by atoms with E-state index < -0.39 is 0 Å². The first-order chi connectivity index (χ1) is 13.0. The quantitative estimate of drug-likeness (QED) is 0.608. The third kappa shape index (κ3) is 4.11. The van der Waals surface area contributed by atoms with Gasteiger partial charge >= 0.3 is 0 Å². The Morgan fingerprint density at radius 3 is 2.89 bits per heavy atom. The molecule has 0 saturated heterocycles. The summed E-state index contributed by atoms with van der Waals surface area (Å²) >= 11 is 1.43. The maximum Gasteiger partial charge on any atom is 0.230 e. The molecule has 1 amide bonds. The highest BCUT2D eigenvalue weighted by Crippen LogP contribution is 2.30. The molecule has 0 fully saturated rings. The molecule has 0 aliphatic heterocycles. The number of carbonyl (C=O) groups is 1. The monoisotopic (exact) mass is 381 g/mol. The molecule has 0 unspecified atom stereocenters. The zero-order chi connectivity index (χ0) is 19.4. The number of rotatable bonds is 7. The number of ether oxygens (including phenoxy) is 1. The first-order valence-electron chi connectivity index (χ1n) is 8.68. The molecule has 3 rings (SSSR count). The molecule has 0 aliphatic rings. The fourth-order valence-electron chi connectivity index (χ4n) is 3.11. The summed E-state index contributed by atoms with van der Waals surface area (Å²) < 4.78 is 7.50. The number of nitrogens with one attached hydrogen (secondary N) is 1. The number of para-hydroxylation sites is 1. The molecule has 0 spiro atoms. The Morgan fingerprint density at radius 2 is 2.15 bits per heavy atom. The van der Waals surface area contributed by atoms with E-state index in [1.54, 1.807) is 7.11 Å². The van der Waals surface area contributed by atoms with Crippen LogP contribution in [0.2, 0.25) is 0 Å². The molecule has 0 saturated carbocycles. The zero-order valence-electron chi connectivity index (χ0n) is 15.8. The van der Waals surface area contributed by atoms with Gasteiger partial charge in [-0.2, -0.15) is 0 Å². The lowest BCUT2D eigenvalue weighted by Gasteiger charge is -2.07. The fourth-order valence-corrected chi connectivity index (χ4v) is 3.84. The number of allylic oxidation sites excluding steroid dienone is 1. The first-order valence-corrected chi connectivity index (χ1v) is 9.56. The van der Waals surface area contributed by atoms with Gasteiger partial charge in [0, 0.05) is 34.4 Å².